The Bertz CT molecular complexity index is 1530. The van der Waals surface area contributed by atoms with E-state index in [1.165, 1.54) is 12.1 Å². The fraction of sp³-hybridized carbons (Fsp3) is 0.154. The molecule has 4 rings (SSSR count). The van der Waals surface area contributed by atoms with Crippen molar-refractivity contribution in [2.75, 3.05) is 11.9 Å². The molecule has 0 fully saturated rings. The first kappa shape index (κ1) is 24.2. The minimum absolute atomic E-state index is 0.112. The Labute approximate surface area is 203 Å². The maximum atomic E-state index is 12.9. The summed E-state index contributed by atoms with van der Waals surface area (Å²) >= 11 is 0. The molecule has 3 N–H and O–H groups in total. The van der Waals surface area contributed by atoms with Crippen LogP contribution in [0.1, 0.15) is 27.0 Å². The Morgan fingerprint density at radius 2 is 1.69 bits per heavy atom. The van der Waals surface area contributed by atoms with E-state index in [4.69, 9.17) is 9.88 Å². The predicted octanol–water partition coefficient (Wildman–Crippen LogP) is 3.75. The molecule has 8 nitrogen and oxygen atoms in total. The van der Waals surface area contributed by atoms with E-state index >= 15 is 0 Å². The van der Waals surface area contributed by atoms with Crippen LogP contribution in [0, 0.1) is 13.8 Å². The van der Waals surface area contributed by atoms with Crippen LogP contribution in [0.25, 0.3) is 10.9 Å². The second-order valence-electron chi connectivity index (χ2n) is 8.26. The number of aryl methyl sites for hydroxylation is 1. The zero-order valence-corrected chi connectivity index (χ0v) is 20.1. The lowest BCUT2D eigenvalue weighted by Crippen LogP contribution is -2.22. The van der Waals surface area contributed by atoms with Crippen LogP contribution in [0.5, 0.6) is 0 Å². The number of nitrogens with zero attached hydrogens (tertiary/aromatic N) is 1. The molecule has 180 valence electrons. The minimum Gasteiger partial charge on any atom is -0.452 e. The summed E-state index contributed by atoms with van der Waals surface area (Å²) in [6.45, 7) is 3.50. The smallest absolute Gasteiger partial charge is 0.340 e. The largest absolute Gasteiger partial charge is 0.452 e. The summed E-state index contributed by atoms with van der Waals surface area (Å²) in [5.74, 6) is -1.23. The lowest BCUT2D eigenvalue weighted by molar-refractivity contribution is -0.119. The molecule has 9 heteroatoms. The molecule has 0 unspecified atom stereocenters. The molecule has 1 amide bonds. The number of esters is 1. The lowest BCUT2D eigenvalue weighted by atomic mass is 10.1. The summed E-state index contributed by atoms with van der Waals surface area (Å²) in [5.41, 5.74) is 3.93. The highest BCUT2D eigenvalue weighted by molar-refractivity contribution is 7.89. The molecule has 0 bridgehead atoms. The number of benzene rings is 3. The second-order valence-corrected chi connectivity index (χ2v) is 9.82. The molecule has 1 heterocycles. The van der Waals surface area contributed by atoms with Crippen LogP contribution in [-0.4, -0.2) is 31.5 Å². The summed E-state index contributed by atoms with van der Waals surface area (Å²) in [4.78, 5) is 25.3. The van der Waals surface area contributed by atoms with E-state index in [0.29, 0.717) is 23.2 Å². The number of rotatable bonds is 7. The molecule has 0 saturated carbocycles. The minimum atomic E-state index is -3.94. The molecule has 0 aliphatic heterocycles. The summed E-state index contributed by atoms with van der Waals surface area (Å²) in [7, 11) is -3.94. The van der Waals surface area contributed by atoms with Crippen molar-refractivity contribution in [3.63, 3.8) is 0 Å². The highest BCUT2D eigenvalue weighted by Crippen LogP contribution is 2.25. The van der Waals surface area contributed by atoms with Crippen molar-refractivity contribution in [3.8, 4) is 0 Å². The first-order valence-electron chi connectivity index (χ1n) is 10.9. The van der Waals surface area contributed by atoms with Crippen molar-refractivity contribution in [1.29, 1.82) is 0 Å². The number of sulfonamides is 1. The monoisotopic (exact) mass is 491 g/mol. The van der Waals surface area contributed by atoms with Gasteiger partial charge in [0.15, 0.2) is 6.61 Å². The first-order chi connectivity index (χ1) is 16.6. The van der Waals surface area contributed by atoms with Crippen LogP contribution in [0.15, 0.2) is 77.8 Å². The number of anilines is 1. The van der Waals surface area contributed by atoms with E-state index in [0.717, 1.165) is 16.5 Å². The Kier molecular flexibility index (Phi) is 6.72. The van der Waals surface area contributed by atoms with Gasteiger partial charge in [-0.05, 0) is 48.7 Å². The van der Waals surface area contributed by atoms with Gasteiger partial charge in [-0.1, -0.05) is 48.5 Å². The van der Waals surface area contributed by atoms with Crippen LogP contribution in [0.3, 0.4) is 0 Å². The van der Waals surface area contributed by atoms with Crippen molar-refractivity contribution in [3.05, 3.63) is 95.2 Å². The van der Waals surface area contributed by atoms with Gasteiger partial charge >= 0.3 is 5.97 Å². The Morgan fingerprint density at radius 1 is 1.00 bits per heavy atom. The topological polar surface area (TPSA) is 120 Å². The van der Waals surface area contributed by atoms with Crippen LogP contribution in [-0.2, 0) is 26.1 Å². The van der Waals surface area contributed by atoms with E-state index in [9.17, 15) is 18.0 Å². The van der Waals surface area contributed by atoms with Gasteiger partial charge in [-0.25, -0.2) is 18.4 Å². The van der Waals surface area contributed by atoms with Gasteiger partial charge in [0, 0.05) is 29.3 Å². The quantitative estimate of drug-likeness (QED) is 0.382. The van der Waals surface area contributed by atoms with E-state index in [2.05, 4.69) is 5.32 Å². The molecular weight excluding hydrogens is 466 g/mol. The molecule has 0 aliphatic rings. The Morgan fingerprint density at radius 3 is 2.40 bits per heavy atom. The molecule has 0 aliphatic carbocycles. The number of primary sulfonamides is 1. The van der Waals surface area contributed by atoms with E-state index in [-0.39, 0.29) is 10.6 Å². The third-order valence-electron chi connectivity index (χ3n) is 5.78. The number of hydrogen-bond donors (Lipinski definition) is 2. The fourth-order valence-electron chi connectivity index (χ4n) is 3.84. The van der Waals surface area contributed by atoms with Gasteiger partial charge in [-0.3, -0.25) is 4.79 Å². The number of aromatic nitrogens is 1. The predicted molar refractivity (Wildman–Crippen MR) is 134 cm³/mol. The van der Waals surface area contributed by atoms with Crippen molar-refractivity contribution in [2.45, 2.75) is 25.3 Å². The van der Waals surface area contributed by atoms with Gasteiger partial charge in [0.25, 0.3) is 5.91 Å². The van der Waals surface area contributed by atoms with Gasteiger partial charge < -0.3 is 14.6 Å². The van der Waals surface area contributed by atoms with Crippen molar-refractivity contribution < 1.29 is 22.7 Å². The first-order valence-corrected chi connectivity index (χ1v) is 12.4. The van der Waals surface area contributed by atoms with Crippen molar-refractivity contribution in [2.24, 2.45) is 5.14 Å². The number of para-hydroxylation sites is 1. The molecule has 3 aromatic carbocycles. The molecule has 0 saturated heterocycles. The normalized spacial score (nSPS) is 11.4. The molecule has 35 heavy (non-hydrogen) atoms. The zero-order valence-electron chi connectivity index (χ0n) is 19.3. The summed E-state index contributed by atoms with van der Waals surface area (Å²) in [6.07, 6.45) is 1.72. The highest BCUT2D eigenvalue weighted by atomic mass is 32.2. The second kappa shape index (κ2) is 9.73. The van der Waals surface area contributed by atoms with E-state index < -0.39 is 28.5 Å². The van der Waals surface area contributed by atoms with Crippen LogP contribution in [0.4, 0.5) is 5.69 Å². The maximum Gasteiger partial charge on any atom is 0.340 e. The van der Waals surface area contributed by atoms with Gasteiger partial charge in [-0.2, -0.15) is 0 Å². The molecule has 0 radical (unpaired) electrons. The van der Waals surface area contributed by atoms with Crippen LogP contribution >= 0.6 is 0 Å². The average Bonchev–Trinajstić information content (AvgIpc) is 3.19. The zero-order chi connectivity index (χ0) is 25.2. The van der Waals surface area contributed by atoms with Gasteiger partial charge in [0.1, 0.15) is 0 Å². The van der Waals surface area contributed by atoms with Gasteiger partial charge in [0.05, 0.1) is 10.5 Å². The third kappa shape index (κ3) is 5.42. The molecule has 1 aromatic heterocycles. The molecule has 4 aromatic rings. The fourth-order valence-corrected chi connectivity index (χ4v) is 4.46. The van der Waals surface area contributed by atoms with Crippen LogP contribution < -0.4 is 10.5 Å². The summed E-state index contributed by atoms with van der Waals surface area (Å²) in [6, 6.07) is 20.1. The SMILES string of the molecule is Cc1cc(S(N)(=O)=O)cc(NC(=O)COC(=O)c2cn(Cc3ccccc3)c3ccccc23)c1C. The van der Waals surface area contributed by atoms with Gasteiger partial charge in [-0.15, -0.1) is 0 Å². The number of nitrogens with one attached hydrogen (secondary N) is 1. The number of fused-ring (bicyclic) bond motifs is 1. The average molecular weight is 492 g/mol. The Hall–Kier alpha value is -3.95. The maximum absolute atomic E-state index is 12.9. The molecule has 0 spiro atoms. The number of amides is 1. The third-order valence-corrected chi connectivity index (χ3v) is 6.67. The molecular formula is C26H25N3O5S. The summed E-state index contributed by atoms with van der Waals surface area (Å²) < 4.78 is 30.7. The number of hydrogen-bond acceptors (Lipinski definition) is 5. The van der Waals surface area contributed by atoms with E-state index in [1.807, 2.05) is 59.2 Å². The molecule has 0 atom stereocenters. The Balaban J connectivity index is 1.50. The lowest BCUT2D eigenvalue weighted by Gasteiger charge is -2.13. The van der Waals surface area contributed by atoms with E-state index in [1.54, 1.807) is 20.0 Å². The summed E-state index contributed by atoms with van der Waals surface area (Å²) in [5, 5.41) is 8.55. The number of carbonyl (C=O) groups excluding carboxylic acids is 2. The number of nitrogens with two attached hydrogens (primary N) is 1. The van der Waals surface area contributed by atoms with Crippen molar-refractivity contribution >= 4 is 38.5 Å². The van der Waals surface area contributed by atoms with Crippen LogP contribution in [0.2, 0.25) is 0 Å². The van der Waals surface area contributed by atoms with Crippen molar-refractivity contribution in [1.82, 2.24) is 4.57 Å². The van der Waals surface area contributed by atoms with Gasteiger partial charge in [0.2, 0.25) is 10.0 Å². The highest BCUT2D eigenvalue weighted by Gasteiger charge is 2.19. The number of ether oxygens (including phenoxy) is 1. The number of carbonyl (C=O) groups is 2. The standard InChI is InChI=1S/C26H25N3O5S/c1-17-12-20(35(27,32)33)13-23(18(17)2)28-25(30)16-34-26(31)22-15-29(14-19-8-4-3-5-9-19)24-11-7-6-10-21(22)24/h3-13,15H,14,16H2,1-2H3,(H,28,30)(H2,27,32,33).